The van der Waals surface area contributed by atoms with E-state index in [0.29, 0.717) is 5.56 Å². The van der Waals surface area contributed by atoms with Gasteiger partial charge >= 0.3 is 6.18 Å². The Morgan fingerprint density at radius 2 is 1.81 bits per heavy atom. The molecule has 0 aliphatic carbocycles. The Bertz CT molecular complexity index is 828. The maximum absolute atomic E-state index is 13.5. The number of nitriles is 2. The molecule has 1 aromatic carbocycles. The zero-order valence-corrected chi connectivity index (χ0v) is 15.6. The number of carbonyl (C=O) groups is 1. The minimum Gasteiger partial charge on any atom is -0.326 e. The molecule has 1 fully saturated rings. The Hall–Kier alpha value is -2.58. The predicted octanol–water partition coefficient (Wildman–Crippen LogP) is 3.59. The molecule has 27 heavy (non-hydrogen) atoms. The maximum atomic E-state index is 13.5. The van der Waals surface area contributed by atoms with Gasteiger partial charge in [-0.15, -0.1) is 0 Å². The summed E-state index contributed by atoms with van der Waals surface area (Å²) in [4.78, 5) is 14.3. The number of carbonyl (C=O) groups excluding carboxylic acids is 1. The number of amides is 1. The third-order valence-corrected chi connectivity index (χ3v) is 4.98. The van der Waals surface area contributed by atoms with Gasteiger partial charge in [0.05, 0.1) is 23.0 Å². The van der Waals surface area contributed by atoms with Gasteiger partial charge in [0.2, 0.25) is 5.91 Å². The standard InChI is InChI=1S/C19H21F3N4O/c1-11-13(8-24)12(7-23)5-6-16(11)25-17(27)14-9-26(18(2,3)4)10-15(14)19(20,21)22/h5-6,14-15H,9-10H2,1-4H3,(H,25,27)/t14-,15-/m1/s1. The highest BCUT2D eigenvalue weighted by molar-refractivity contribution is 5.94. The third-order valence-electron chi connectivity index (χ3n) is 4.98. The van der Waals surface area contributed by atoms with E-state index >= 15 is 0 Å². The van der Waals surface area contributed by atoms with Gasteiger partial charge in [0.15, 0.2) is 0 Å². The average Bonchev–Trinajstić information content (AvgIpc) is 3.02. The summed E-state index contributed by atoms with van der Waals surface area (Å²) in [7, 11) is 0. The molecule has 1 amide bonds. The topological polar surface area (TPSA) is 79.9 Å². The van der Waals surface area contributed by atoms with Crippen LogP contribution in [0.5, 0.6) is 0 Å². The van der Waals surface area contributed by atoms with Gasteiger partial charge in [-0.05, 0) is 45.4 Å². The molecule has 1 aromatic rings. The third kappa shape index (κ3) is 4.23. The molecule has 144 valence electrons. The number of rotatable bonds is 2. The molecule has 8 heteroatoms. The van der Waals surface area contributed by atoms with Crippen molar-refractivity contribution in [2.24, 2.45) is 11.8 Å². The molecule has 0 bridgehead atoms. The first kappa shape index (κ1) is 20.7. The van der Waals surface area contributed by atoms with Crippen LogP contribution >= 0.6 is 0 Å². The van der Waals surface area contributed by atoms with Crippen molar-refractivity contribution in [3.05, 3.63) is 28.8 Å². The maximum Gasteiger partial charge on any atom is 0.393 e. The number of nitrogens with one attached hydrogen (secondary N) is 1. The fourth-order valence-corrected chi connectivity index (χ4v) is 3.26. The van der Waals surface area contributed by atoms with Gasteiger partial charge in [-0.2, -0.15) is 23.7 Å². The first-order valence-corrected chi connectivity index (χ1v) is 8.46. The van der Waals surface area contributed by atoms with Crippen molar-refractivity contribution in [2.75, 3.05) is 18.4 Å². The van der Waals surface area contributed by atoms with Crippen molar-refractivity contribution < 1.29 is 18.0 Å². The van der Waals surface area contributed by atoms with Gasteiger partial charge < -0.3 is 5.32 Å². The molecule has 2 atom stereocenters. The number of hydrogen-bond acceptors (Lipinski definition) is 4. The summed E-state index contributed by atoms with van der Waals surface area (Å²) in [5, 5.41) is 20.8. The van der Waals surface area contributed by atoms with E-state index in [4.69, 9.17) is 5.26 Å². The highest BCUT2D eigenvalue weighted by atomic mass is 19.4. The molecular weight excluding hydrogens is 357 g/mol. The van der Waals surface area contributed by atoms with E-state index in [-0.39, 0.29) is 29.9 Å². The summed E-state index contributed by atoms with van der Waals surface area (Å²) in [6.07, 6.45) is -4.49. The van der Waals surface area contributed by atoms with Gasteiger partial charge in [-0.3, -0.25) is 9.69 Å². The molecule has 1 saturated heterocycles. The van der Waals surface area contributed by atoms with Crippen LogP contribution in [0.4, 0.5) is 18.9 Å². The zero-order chi connectivity index (χ0) is 20.6. The minimum absolute atomic E-state index is 0.0000557. The number of anilines is 1. The van der Waals surface area contributed by atoms with E-state index in [1.807, 2.05) is 32.9 Å². The second kappa shape index (κ2) is 7.21. The molecule has 2 rings (SSSR count). The summed E-state index contributed by atoms with van der Waals surface area (Å²) < 4.78 is 40.4. The molecule has 0 saturated carbocycles. The van der Waals surface area contributed by atoms with Crippen LogP contribution in [0.25, 0.3) is 0 Å². The number of halogens is 3. The van der Waals surface area contributed by atoms with Crippen LogP contribution in [0.1, 0.15) is 37.5 Å². The van der Waals surface area contributed by atoms with Gasteiger partial charge in [0, 0.05) is 24.3 Å². The molecular formula is C19H21F3N4O. The zero-order valence-electron chi connectivity index (χ0n) is 15.6. The Morgan fingerprint density at radius 1 is 1.19 bits per heavy atom. The van der Waals surface area contributed by atoms with Crippen molar-refractivity contribution >= 4 is 11.6 Å². The summed E-state index contributed by atoms with van der Waals surface area (Å²) in [5.74, 6) is -3.74. The van der Waals surface area contributed by atoms with Crippen molar-refractivity contribution in [3.63, 3.8) is 0 Å². The van der Waals surface area contributed by atoms with Crippen LogP contribution in [0.15, 0.2) is 12.1 Å². The highest BCUT2D eigenvalue weighted by Crippen LogP contribution is 2.40. The molecule has 1 aliphatic rings. The monoisotopic (exact) mass is 378 g/mol. The van der Waals surface area contributed by atoms with Gasteiger partial charge in [0.1, 0.15) is 12.1 Å². The molecule has 0 radical (unpaired) electrons. The fourth-order valence-electron chi connectivity index (χ4n) is 3.26. The van der Waals surface area contributed by atoms with E-state index in [1.54, 1.807) is 11.8 Å². The van der Waals surface area contributed by atoms with E-state index in [9.17, 15) is 23.2 Å². The number of nitrogens with zero attached hydrogens (tertiary/aromatic N) is 3. The van der Waals surface area contributed by atoms with Gasteiger partial charge in [-0.1, -0.05) is 0 Å². The van der Waals surface area contributed by atoms with Gasteiger partial charge in [0.25, 0.3) is 0 Å². The molecule has 1 N–H and O–H groups in total. The lowest BCUT2D eigenvalue weighted by Gasteiger charge is -2.31. The van der Waals surface area contributed by atoms with Crippen LogP contribution in [-0.2, 0) is 4.79 Å². The van der Waals surface area contributed by atoms with E-state index in [0.717, 1.165) is 0 Å². The van der Waals surface area contributed by atoms with Crippen LogP contribution in [0.2, 0.25) is 0 Å². The van der Waals surface area contributed by atoms with E-state index < -0.39 is 29.5 Å². The van der Waals surface area contributed by atoms with Crippen LogP contribution < -0.4 is 5.32 Å². The van der Waals surface area contributed by atoms with Crippen LogP contribution in [-0.4, -0.2) is 35.6 Å². The summed E-state index contributed by atoms with van der Waals surface area (Å²) >= 11 is 0. The Morgan fingerprint density at radius 3 is 2.30 bits per heavy atom. The van der Waals surface area contributed by atoms with Crippen molar-refractivity contribution in [2.45, 2.75) is 39.4 Å². The Labute approximate surface area is 156 Å². The van der Waals surface area contributed by atoms with E-state index in [2.05, 4.69) is 5.32 Å². The average molecular weight is 378 g/mol. The lowest BCUT2D eigenvalue weighted by molar-refractivity contribution is -0.182. The molecule has 1 aliphatic heterocycles. The minimum atomic E-state index is -4.49. The van der Waals surface area contributed by atoms with Crippen molar-refractivity contribution in [1.82, 2.24) is 4.90 Å². The predicted molar refractivity (Wildman–Crippen MR) is 93.6 cm³/mol. The second-order valence-corrected chi connectivity index (χ2v) is 7.70. The van der Waals surface area contributed by atoms with Crippen LogP contribution in [0.3, 0.4) is 0 Å². The first-order chi connectivity index (χ1) is 12.4. The fraction of sp³-hybridized carbons (Fsp3) is 0.526. The Balaban J connectivity index is 2.32. The largest absolute Gasteiger partial charge is 0.393 e. The number of likely N-dealkylation sites (tertiary alicyclic amines) is 1. The number of benzene rings is 1. The number of hydrogen-bond donors (Lipinski definition) is 1. The van der Waals surface area contributed by atoms with Crippen molar-refractivity contribution in [1.29, 1.82) is 10.5 Å². The SMILES string of the molecule is Cc1c(NC(=O)[C@@H]2CN(C(C)(C)C)C[C@H]2C(F)(F)F)ccc(C#N)c1C#N. The highest BCUT2D eigenvalue weighted by Gasteiger charge is 2.53. The molecule has 5 nitrogen and oxygen atoms in total. The van der Waals surface area contributed by atoms with E-state index in [1.165, 1.54) is 12.1 Å². The lowest BCUT2D eigenvalue weighted by atomic mass is 9.94. The second-order valence-electron chi connectivity index (χ2n) is 7.70. The molecule has 0 unspecified atom stereocenters. The Kier molecular flexibility index (Phi) is 5.53. The summed E-state index contributed by atoms with van der Waals surface area (Å²) in [6.45, 7) is 6.74. The van der Waals surface area contributed by atoms with Crippen molar-refractivity contribution in [3.8, 4) is 12.1 Å². The number of alkyl halides is 3. The smallest absolute Gasteiger partial charge is 0.326 e. The molecule has 1 heterocycles. The first-order valence-electron chi connectivity index (χ1n) is 8.46. The quantitative estimate of drug-likeness (QED) is 0.853. The van der Waals surface area contributed by atoms with Gasteiger partial charge in [-0.25, -0.2) is 0 Å². The normalized spacial score (nSPS) is 20.8. The summed E-state index contributed by atoms with van der Waals surface area (Å²) in [6, 6.07) is 6.59. The molecule has 0 aromatic heterocycles. The summed E-state index contributed by atoms with van der Waals surface area (Å²) in [5.41, 5.74) is 0.368. The lowest BCUT2D eigenvalue weighted by Crippen LogP contribution is -2.40. The molecule has 0 spiro atoms. The van der Waals surface area contributed by atoms with Crippen LogP contribution in [0, 0.1) is 41.4 Å².